The van der Waals surface area contributed by atoms with Gasteiger partial charge in [0, 0.05) is 13.7 Å². The molecule has 2 aromatic carbocycles. The molecule has 1 heterocycles. The molecule has 2 aromatic rings. The van der Waals surface area contributed by atoms with Crippen LogP contribution in [0.5, 0.6) is 0 Å². The highest BCUT2D eigenvalue weighted by atomic mass is 127. The summed E-state index contributed by atoms with van der Waals surface area (Å²) in [5.74, 6) is -1.16. The van der Waals surface area contributed by atoms with Crippen LogP contribution in [0.4, 0.5) is 0 Å². The van der Waals surface area contributed by atoms with Crippen molar-refractivity contribution in [1.29, 1.82) is 0 Å². The van der Waals surface area contributed by atoms with E-state index in [2.05, 4.69) is 9.80 Å². The van der Waals surface area contributed by atoms with E-state index in [-0.39, 0.29) is 31.4 Å². The molecule has 6 nitrogen and oxygen atoms in total. The van der Waals surface area contributed by atoms with E-state index in [0.29, 0.717) is 11.1 Å². The molecule has 0 atom stereocenters. The van der Waals surface area contributed by atoms with Crippen LogP contribution in [0.1, 0.15) is 32.7 Å². The Labute approximate surface area is 175 Å². The minimum Gasteiger partial charge on any atom is -0.461 e. The summed E-state index contributed by atoms with van der Waals surface area (Å²) in [6, 6.07) is 16.0. The number of halogens is 1. The van der Waals surface area contributed by atoms with E-state index in [9.17, 15) is 14.4 Å². The number of aliphatic hydroxyl groups excluding tert-OH is 1. The summed E-state index contributed by atoms with van der Waals surface area (Å²) in [5.41, 5.74) is 1.66. The topological polar surface area (TPSA) is 83.9 Å². The Morgan fingerprint density at radius 3 is 1.96 bits per heavy atom. The van der Waals surface area contributed by atoms with Crippen molar-refractivity contribution in [2.24, 2.45) is 0 Å². The zero-order chi connectivity index (χ0) is 20.2. The number of thiol groups is 1. The predicted molar refractivity (Wildman–Crippen MR) is 114 cm³/mol. The molecule has 0 radical (unpaired) electrons. The normalized spacial score (nSPS) is 11.6. The second kappa shape index (κ2) is 12.5. The molecule has 0 aliphatic carbocycles. The first-order valence-electron chi connectivity index (χ1n) is 7.93. The lowest BCUT2D eigenvalue weighted by Gasteiger charge is -2.13. The van der Waals surface area contributed by atoms with Crippen LogP contribution in [0.3, 0.4) is 0 Å². The number of rotatable bonds is 5. The molecule has 0 saturated heterocycles. The fourth-order valence-electron chi connectivity index (χ4n) is 2.46. The smallest absolute Gasteiger partial charge is 0.307 e. The molecular formula is C19H20INO5S. The van der Waals surface area contributed by atoms with E-state index >= 15 is 0 Å². The third-order valence-electron chi connectivity index (χ3n) is 3.66. The summed E-state index contributed by atoms with van der Waals surface area (Å²) in [7, 11) is 4.50. The van der Waals surface area contributed by atoms with Crippen molar-refractivity contribution in [1.82, 2.24) is 4.90 Å². The molecular weight excluding hydrogens is 481 g/mol. The molecule has 0 spiro atoms. The maximum absolute atomic E-state index is 12.2. The van der Waals surface area contributed by atoms with Gasteiger partial charge in [-0.15, -0.1) is 9.80 Å². The first-order chi connectivity index (χ1) is 13.2. The summed E-state index contributed by atoms with van der Waals surface area (Å²) in [5, 5.41) is 7.00. The fraction of sp³-hybridized carbons (Fsp3) is 0.211. The number of ether oxygens (including phenoxy) is 1. The molecule has 8 heteroatoms. The summed E-state index contributed by atoms with van der Waals surface area (Å²) in [4.78, 5) is 37.2. The molecule has 0 aromatic heterocycles. The second-order valence-corrected chi connectivity index (χ2v) is 5.20. The van der Waals surface area contributed by atoms with Crippen molar-refractivity contribution in [3.8, 4) is 0 Å². The van der Waals surface area contributed by atoms with E-state index < -0.39 is 5.97 Å². The van der Waals surface area contributed by atoms with Crippen molar-refractivity contribution in [3.05, 3.63) is 71.3 Å². The highest BCUT2D eigenvalue weighted by Crippen LogP contribution is 2.22. The van der Waals surface area contributed by atoms with E-state index in [4.69, 9.17) is 9.84 Å². The summed E-state index contributed by atoms with van der Waals surface area (Å²) in [6.45, 7) is 0.210. The third kappa shape index (κ3) is 6.33. The van der Waals surface area contributed by atoms with E-state index in [1.807, 2.05) is 51.5 Å². The maximum Gasteiger partial charge on any atom is 0.307 e. The van der Waals surface area contributed by atoms with E-state index in [1.165, 1.54) is 0 Å². The lowest BCUT2D eigenvalue weighted by atomic mass is 10.1. The van der Waals surface area contributed by atoms with Gasteiger partial charge in [0.15, 0.2) is 0 Å². The van der Waals surface area contributed by atoms with E-state index in [0.717, 1.165) is 17.6 Å². The molecule has 144 valence electrons. The number of carbonyl (C=O) groups excluding carboxylic acids is 3. The van der Waals surface area contributed by atoms with Gasteiger partial charge in [0.2, 0.25) is 0 Å². The van der Waals surface area contributed by atoms with Crippen LogP contribution in [-0.4, -0.2) is 41.4 Å². The predicted octanol–water partition coefficient (Wildman–Crippen LogP) is 3.29. The molecule has 1 aliphatic heterocycles. The summed E-state index contributed by atoms with van der Waals surface area (Å²) >= 11 is 1.84. The van der Waals surface area contributed by atoms with Gasteiger partial charge in [0.05, 0.1) is 17.5 Å². The highest BCUT2D eigenvalue weighted by Gasteiger charge is 2.35. The zero-order valence-corrected chi connectivity index (χ0v) is 17.7. The first-order valence-corrected chi connectivity index (χ1v) is 11.2. The van der Waals surface area contributed by atoms with Gasteiger partial charge in [-0.1, -0.05) is 42.5 Å². The molecule has 2 amide bonds. The summed E-state index contributed by atoms with van der Waals surface area (Å²) < 4.78 is 5.15. The largest absolute Gasteiger partial charge is 0.461 e. The highest BCUT2D eigenvalue weighted by molar-refractivity contribution is 14.2. The molecule has 1 N–H and O–H groups in total. The van der Waals surface area contributed by atoms with Crippen molar-refractivity contribution in [2.45, 2.75) is 13.0 Å². The molecule has 0 unspecified atom stereocenters. The monoisotopic (exact) mass is 501 g/mol. The van der Waals surface area contributed by atoms with Crippen LogP contribution >= 0.6 is 31.0 Å². The number of hydrogen-bond acceptors (Lipinski definition) is 6. The van der Waals surface area contributed by atoms with Crippen molar-refractivity contribution < 1.29 is 24.2 Å². The number of aliphatic hydroxyl groups is 1. The van der Waals surface area contributed by atoms with Crippen molar-refractivity contribution in [2.75, 3.05) is 13.7 Å². The number of nitrogens with zero attached hydrogens (tertiary/aromatic N) is 1. The quantitative estimate of drug-likeness (QED) is 0.285. The van der Waals surface area contributed by atoms with Crippen LogP contribution in [0.25, 0.3) is 0 Å². The zero-order valence-electron chi connectivity index (χ0n) is 14.7. The molecule has 27 heavy (non-hydrogen) atoms. The van der Waals surface area contributed by atoms with Crippen LogP contribution in [-0.2, 0) is 16.1 Å². The van der Waals surface area contributed by atoms with Crippen molar-refractivity contribution >= 4 is 48.8 Å². The van der Waals surface area contributed by atoms with E-state index in [1.54, 1.807) is 24.3 Å². The Kier molecular flexibility index (Phi) is 10.7. The van der Waals surface area contributed by atoms with Crippen LogP contribution in [0.15, 0.2) is 54.6 Å². The Morgan fingerprint density at radius 1 is 0.963 bits per heavy atom. The SMILES string of the molecule is CO.O=C(CCN1C(=O)c2ccccc2C1=O)OCc1ccccc1.SI. The average molecular weight is 501 g/mol. The van der Waals surface area contributed by atoms with Gasteiger partial charge in [0.25, 0.3) is 11.8 Å². The Balaban J connectivity index is 0.000000855. The van der Waals surface area contributed by atoms with Gasteiger partial charge < -0.3 is 9.84 Å². The van der Waals surface area contributed by atoms with Crippen LogP contribution < -0.4 is 0 Å². The van der Waals surface area contributed by atoms with Gasteiger partial charge in [0.1, 0.15) is 6.61 Å². The molecule has 0 saturated carbocycles. The van der Waals surface area contributed by atoms with Gasteiger partial charge >= 0.3 is 5.97 Å². The fourth-order valence-corrected chi connectivity index (χ4v) is 2.46. The van der Waals surface area contributed by atoms with Gasteiger partial charge in [-0.3, -0.25) is 19.3 Å². The number of carbonyl (C=O) groups is 3. The summed E-state index contributed by atoms with van der Waals surface area (Å²) in [6.07, 6.45) is -0.0156. The number of benzene rings is 2. The number of fused-ring (bicyclic) bond motifs is 1. The Bertz CT molecular complexity index is 735. The third-order valence-corrected chi connectivity index (χ3v) is 3.66. The molecule has 0 bridgehead atoms. The molecule has 3 rings (SSSR count). The lowest BCUT2D eigenvalue weighted by Crippen LogP contribution is -2.32. The number of hydrogen-bond donors (Lipinski definition) is 2. The van der Waals surface area contributed by atoms with Crippen LogP contribution in [0.2, 0.25) is 0 Å². The number of esters is 1. The minimum absolute atomic E-state index is 0.0156. The Morgan fingerprint density at radius 2 is 1.44 bits per heavy atom. The standard InChI is InChI=1S/C18H15NO4.CH4O.HIS/c20-16(23-12-13-6-2-1-3-7-13)10-11-19-17(21)14-8-4-5-9-15(14)18(19)22;2*1-2/h1-9H,10-12H2;2H,1H3;2H. The van der Waals surface area contributed by atoms with Gasteiger partial charge in [-0.2, -0.15) is 0 Å². The lowest BCUT2D eigenvalue weighted by molar-refractivity contribution is -0.145. The average Bonchev–Trinajstić information content (AvgIpc) is 2.99. The van der Waals surface area contributed by atoms with Crippen molar-refractivity contribution in [3.63, 3.8) is 0 Å². The molecule has 0 fully saturated rings. The van der Waals surface area contributed by atoms with Crippen LogP contribution in [0, 0.1) is 0 Å². The maximum atomic E-state index is 12.2. The minimum atomic E-state index is -0.439. The van der Waals surface area contributed by atoms with Gasteiger partial charge in [-0.05, 0) is 38.9 Å². The van der Waals surface area contributed by atoms with Gasteiger partial charge in [-0.25, -0.2) is 0 Å². The second-order valence-electron chi connectivity index (χ2n) is 5.20. The molecule has 1 aliphatic rings. The number of amides is 2. The Hall–Kier alpha value is -1.91. The first kappa shape index (κ1) is 23.1. The number of imide groups is 1.